The summed E-state index contributed by atoms with van der Waals surface area (Å²) in [7, 11) is -4.08. The Labute approximate surface area is 117 Å². The first-order valence-electron chi connectivity index (χ1n) is 5.61. The van der Waals surface area contributed by atoms with Crippen LogP contribution in [0.15, 0.2) is 29.2 Å². The van der Waals surface area contributed by atoms with E-state index in [0.29, 0.717) is 12.0 Å². The molecule has 3 nitrogen and oxygen atoms in total. The van der Waals surface area contributed by atoms with Gasteiger partial charge in [-0.15, -0.1) is 0 Å². The van der Waals surface area contributed by atoms with Crippen molar-refractivity contribution in [2.45, 2.75) is 43.9 Å². The molecule has 1 N–H and O–H groups in total. The van der Waals surface area contributed by atoms with Gasteiger partial charge in [-0.25, -0.2) is 0 Å². The Balaban J connectivity index is 0. The van der Waals surface area contributed by atoms with E-state index in [1.54, 1.807) is 18.2 Å². The first-order valence-corrected chi connectivity index (χ1v) is 7.05. The van der Waals surface area contributed by atoms with Gasteiger partial charge in [-0.3, -0.25) is 4.55 Å². The molecular weight excluding hydrogens is 231 g/mol. The second-order valence-corrected chi connectivity index (χ2v) is 5.28. The maximum Gasteiger partial charge on any atom is 1.00 e. The SMILES string of the molecule is CCCCCCc1ccccc1S(=O)(=O)O.[H-].[Li+]. The number of unbranched alkanes of at least 4 members (excludes halogenated alkanes) is 3. The van der Waals surface area contributed by atoms with Crippen LogP contribution in [0, 0.1) is 0 Å². The molecule has 92 valence electrons. The van der Waals surface area contributed by atoms with Crippen molar-refractivity contribution in [3.8, 4) is 0 Å². The maximum atomic E-state index is 11.1. The van der Waals surface area contributed by atoms with Gasteiger partial charge in [0.1, 0.15) is 0 Å². The molecule has 0 fully saturated rings. The van der Waals surface area contributed by atoms with Gasteiger partial charge >= 0.3 is 18.9 Å². The van der Waals surface area contributed by atoms with Crippen LogP contribution in [-0.2, 0) is 16.5 Å². The van der Waals surface area contributed by atoms with Crippen molar-refractivity contribution in [3.63, 3.8) is 0 Å². The molecule has 0 heterocycles. The van der Waals surface area contributed by atoms with Crippen LogP contribution in [-0.4, -0.2) is 13.0 Å². The summed E-state index contributed by atoms with van der Waals surface area (Å²) in [4.78, 5) is 0.0477. The molecule has 0 radical (unpaired) electrons. The van der Waals surface area contributed by atoms with E-state index < -0.39 is 10.1 Å². The van der Waals surface area contributed by atoms with Crippen molar-refractivity contribution < 1.29 is 33.3 Å². The largest absolute Gasteiger partial charge is 1.00 e. The Kier molecular flexibility index (Phi) is 7.81. The molecule has 0 bridgehead atoms. The third-order valence-corrected chi connectivity index (χ3v) is 3.50. The van der Waals surface area contributed by atoms with Gasteiger partial charge in [0.2, 0.25) is 0 Å². The predicted octanol–water partition coefficient (Wildman–Crippen LogP) is 0.173. The van der Waals surface area contributed by atoms with Gasteiger partial charge in [-0.2, -0.15) is 8.42 Å². The van der Waals surface area contributed by atoms with E-state index in [1.165, 1.54) is 6.07 Å². The van der Waals surface area contributed by atoms with Crippen LogP contribution in [0.4, 0.5) is 0 Å². The summed E-state index contributed by atoms with van der Waals surface area (Å²) in [5.41, 5.74) is 0.709. The van der Waals surface area contributed by atoms with E-state index in [4.69, 9.17) is 4.55 Å². The summed E-state index contributed by atoms with van der Waals surface area (Å²) < 4.78 is 31.2. The zero-order valence-corrected chi connectivity index (χ0v) is 11.3. The average molecular weight is 250 g/mol. The number of benzene rings is 1. The van der Waals surface area contributed by atoms with Crippen LogP contribution in [0.25, 0.3) is 0 Å². The topological polar surface area (TPSA) is 54.4 Å². The molecule has 1 aromatic carbocycles. The average Bonchev–Trinajstić information content (AvgIpc) is 2.24. The zero-order chi connectivity index (χ0) is 12.0. The molecule has 0 spiro atoms. The summed E-state index contributed by atoms with van der Waals surface area (Å²) in [6, 6.07) is 6.63. The van der Waals surface area contributed by atoms with Gasteiger partial charge in [0.25, 0.3) is 10.1 Å². The Morgan fingerprint density at radius 1 is 1.18 bits per heavy atom. The maximum absolute atomic E-state index is 11.1. The summed E-state index contributed by atoms with van der Waals surface area (Å²) in [6.45, 7) is 2.13. The third kappa shape index (κ3) is 5.74. The molecule has 0 atom stereocenters. The van der Waals surface area contributed by atoms with Gasteiger partial charge in [0.15, 0.2) is 0 Å². The minimum absolute atomic E-state index is 0. The van der Waals surface area contributed by atoms with Crippen molar-refractivity contribution in [2.75, 3.05) is 0 Å². The Morgan fingerprint density at radius 3 is 2.41 bits per heavy atom. The van der Waals surface area contributed by atoms with Gasteiger partial charge in [0, 0.05) is 0 Å². The minimum Gasteiger partial charge on any atom is -1.00 e. The van der Waals surface area contributed by atoms with Crippen LogP contribution >= 0.6 is 0 Å². The molecule has 0 unspecified atom stereocenters. The van der Waals surface area contributed by atoms with E-state index in [0.717, 1.165) is 25.7 Å². The number of hydrogen-bond acceptors (Lipinski definition) is 2. The zero-order valence-electron chi connectivity index (χ0n) is 11.5. The van der Waals surface area contributed by atoms with Crippen molar-refractivity contribution in [3.05, 3.63) is 29.8 Å². The standard InChI is InChI=1S/C12H18O3S.Li.H/c1-2-3-4-5-8-11-9-6-7-10-12(11)16(13,14)15;;/h6-7,9-10H,2-5,8H2,1H3,(H,13,14,15);;/q;+1;-1. The summed E-state index contributed by atoms with van der Waals surface area (Å²) in [6.07, 6.45) is 5.07. The molecule has 5 heteroatoms. The van der Waals surface area contributed by atoms with Crippen molar-refractivity contribution in [1.82, 2.24) is 0 Å². The monoisotopic (exact) mass is 250 g/mol. The molecule has 0 aliphatic heterocycles. The van der Waals surface area contributed by atoms with Crippen molar-refractivity contribution in [2.24, 2.45) is 0 Å². The molecular formula is C12H19LiO3S. The normalized spacial score (nSPS) is 10.9. The molecule has 0 saturated carbocycles. The number of aryl methyl sites for hydroxylation is 1. The Hall–Kier alpha value is -0.273. The molecule has 17 heavy (non-hydrogen) atoms. The van der Waals surface area contributed by atoms with Gasteiger partial charge in [0.05, 0.1) is 4.90 Å². The second kappa shape index (κ2) is 7.94. The van der Waals surface area contributed by atoms with Crippen LogP contribution in [0.3, 0.4) is 0 Å². The van der Waals surface area contributed by atoms with Gasteiger partial charge < -0.3 is 1.43 Å². The first kappa shape index (κ1) is 16.7. The molecule has 1 aromatic rings. The van der Waals surface area contributed by atoms with Crippen LogP contribution in [0.2, 0.25) is 0 Å². The molecule has 0 amide bonds. The van der Waals surface area contributed by atoms with Crippen LogP contribution in [0.1, 0.15) is 39.6 Å². The van der Waals surface area contributed by atoms with E-state index in [9.17, 15) is 8.42 Å². The second-order valence-electron chi connectivity index (χ2n) is 3.89. The van der Waals surface area contributed by atoms with Crippen molar-refractivity contribution in [1.29, 1.82) is 0 Å². The fraction of sp³-hybridized carbons (Fsp3) is 0.500. The van der Waals surface area contributed by atoms with Gasteiger partial charge in [-0.1, -0.05) is 44.4 Å². The Bertz CT molecular complexity index is 435. The van der Waals surface area contributed by atoms with E-state index in [-0.39, 0.29) is 25.2 Å². The molecule has 1 rings (SSSR count). The fourth-order valence-electron chi connectivity index (χ4n) is 1.70. The number of hydrogen-bond donors (Lipinski definition) is 1. The Morgan fingerprint density at radius 2 is 1.82 bits per heavy atom. The predicted molar refractivity (Wildman–Crippen MR) is 65.2 cm³/mol. The molecule has 0 aromatic heterocycles. The summed E-state index contributed by atoms with van der Waals surface area (Å²) in [5, 5.41) is 0. The first-order chi connectivity index (χ1) is 7.55. The van der Waals surface area contributed by atoms with E-state index >= 15 is 0 Å². The smallest absolute Gasteiger partial charge is 1.00 e. The summed E-state index contributed by atoms with van der Waals surface area (Å²) in [5.74, 6) is 0. The van der Waals surface area contributed by atoms with Gasteiger partial charge in [-0.05, 0) is 24.5 Å². The van der Waals surface area contributed by atoms with E-state index in [2.05, 4.69) is 6.92 Å². The number of rotatable bonds is 6. The molecule has 0 aliphatic carbocycles. The molecule has 0 aliphatic rings. The van der Waals surface area contributed by atoms with E-state index in [1.807, 2.05) is 0 Å². The summed E-state index contributed by atoms with van der Waals surface area (Å²) >= 11 is 0. The van der Waals surface area contributed by atoms with Crippen molar-refractivity contribution >= 4 is 10.1 Å². The minimum atomic E-state index is -4.08. The van der Waals surface area contributed by atoms with Crippen LogP contribution < -0.4 is 18.9 Å². The van der Waals surface area contributed by atoms with Crippen LogP contribution in [0.5, 0.6) is 0 Å². The fourth-order valence-corrected chi connectivity index (χ4v) is 2.46. The molecule has 0 saturated heterocycles. The quantitative estimate of drug-likeness (QED) is 0.445. The third-order valence-electron chi connectivity index (χ3n) is 2.55.